The van der Waals surface area contributed by atoms with Crippen LogP contribution in [0.15, 0.2) is 57.3 Å². The van der Waals surface area contributed by atoms with Gasteiger partial charge in [-0.2, -0.15) is 5.26 Å². The number of anilines is 2. The monoisotopic (exact) mass is 438 g/mol. The van der Waals surface area contributed by atoms with Crippen molar-refractivity contribution in [1.82, 2.24) is 9.55 Å². The van der Waals surface area contributed by atoms with E-state index < -0.39 is 15.4 Å². The van der Waals surface area contributed by atoms with Crippen LogP contribution in [0.2, 0.25) is 0 Å². The molecule has 31 heavy (non-hydrogen) atoms. The molecule has 0 spiro atoms. The van der Waals surface area contributed by atoms with Crippen LogP contribution in [0.3, 0.4) is 0 Å². The molecule has 3 rings (SSSR count). The molecule has 0 aliphatic carbocycles. The summed E-state index contributed by atoms with van der Waals surface area (Å²) in [6.45, 7) is 9.38. The SMILES string of the molecule is CC.Cc1cc(C)c(S(=O)(=O)c2cn(C)c(=O)c(Nc3ccc(C#N)cc3)n2)c(C)c1. The highest BCUT2D eigenvalue weighted by molar-refractivity contribution is 7.91. The largest absolute Gasteiger partial charge is 0.336 e. The molecule has 1 N–H and O–H groups in total. The smallest absolute Gasteiger partial charge is 0.293 e. The van der Waals surface area contributed by atoms with Crippen molar-refractivity contribution in [3.05, 3.63) is 75.2 Å². The van der Waals surface area contributed by atoms with Gasteiger partial charge in [0.15, 0.2) is 10.8 Å². The molecule has 0 fully saturated rings. The van der Waals surface area contributed by atoms with Crippen LogP contribution in [0.1, 0.15) is 36.1 Å². The first-order valence-corrected chi connectivity index (χ1v) is 11.3. The third kappa shape index (κ3) is 5.01. The summed E-state index contributed by atoms with van der Waals surface area (Å²) in [5.41, 5.74) is 2.74. The van der Waals surface area contributed by atoms with E-state index >= 15 is 0 Å². The number of nitriles is 1. The molecule has 0 unspecified atom stereocenters. The second kappa shape index (κ2) is 9.58. The zero-order chi connectivity index (χ0) is 23.3. The Morgan fingerprint density at radius 1 is 1.03 bits per heavy atom. The summed E-state index contributed by atoms with van der Waals surface area (Å²) < 4.78 is 27.8. The van der Waals surface area contributed by atoms with E-state index in [1.807, 2.05) is 26.8 Å². The molecule has 3 aromatic rings. The molecular formula is C23H26N4O3S. The van der Waals surface area contributed by atoms with Crippen molar-refractivity contribution in [2.45, 2.75) is 44.5 Å². The van der Waals surface area contributed by atoms with Gasteiger partial charge in [0.1, 0.15) is 0 Å². The van der Waals surface area contributed by atoms with Gasteiger partial charge < -0.3 is 9.88 Å². The van der Waals surface area contributed by atoms with E-state index in [1.165, 1.54) is 17.8 Å². The average Bonchev–Trinajstić information content (AvgIpc) is 2.72. The Bertz CT molecular complexity index is 1280. The summed E-state index contributed by atoms with van der Waals surface area (Å²) in [5.74, 6) is -0.110. The molecule has 0 saturated heterocycles. The third-order valence-corrected chi connectivity index (χ3v) is 6.40. The molecule has 1 heterocycles. The summed E-state index contributed by atoms with van der Waals surface area (Å²) in [5, 5.41) is 11.5. The van der Waals surface area contributed by atoms with Crippen LogP contribution in [0.25, 0.3) is 0 Å². The van der Waals surface area contributed by atoms with E-state index in [1.54, 1.807) is 50.2 Å². The lowest BCUT2D eigenvalue weighted by Crippen LogP contribution is -2.24. The normalized spacial score (nSPS) is 10.6. The van der Waals surface area contributed by atoms with Crippen LogP contribution < -0.4 is 10.9 Å². The van der Waals surface area contributed by atoms with Crippen molar-refractivity contribution in [3.63, 3.8) is 0 Å². The fraction of sp³-hybridized carbons (Fsp3) is 0.261. The molecule has 0 aliphatic heterocycles. The predicted octanol–water partition coefficient (Wildman–Crippen LogP) is 4.18. The highest BCUT2D eigenvalue weighted by Crippen LogP contribution is 2.27. The van der Waals surface area contributed by atoms with Crippen LogP contribution in [0.5, 0.6) is 0 Å². The maximum Gasteiger partial charge on any atom is 0.293 e. The fourth-order valence-electron chi connectivity index (χ4n) is 3.25. The van der Waals surface area contributed by atoms with Gasteiger partial charge in [0, 0.05) is 18.9 Å². The molecular weight excluding hydrogens is 412 g/mol. The fourth-order valence-corrected chi connectivity index (χ4v) is 4.93. The number of hydrogen-bond donors (Lipinski definition) is 1. The molecule has 7 nitrogen and oxygen atoms in total. The molecule has 0 aliphatic rings. The summed E-state index contributed by atoms with van der Waals surface area (Å²) in [6.07, 6.45) is 1.22. The number of benzene rings is 2. The first kappa shape index (κ1) is 23.8. The molecule has 8 heteroatoms. The zero-order valence-corrected chi connectivity index (χ0v) is 19.3. The Labute approximate surface area is 182 Å². The van der Waals surface area contributed by atoms with E-state index in [9.17, 15) is 13.2 Å². The Kier molecular flexibility index (Phi) is 7.37. The van der Waals surface area contributed by atoms with E-state index in [-0.39, 0.29) is 15.7 Å². The van der Waals surface area contributed by atoms with Crippen LogP contribution in [-0.4, -0.2) is 18.0 Å². The number of hydrogen-bond acceptors (Lipinski definition) is 6. The standard InChI is InChI=1S/C21H20N4O3S.C2H6/c1-13-9-14(2)19(15(3)10-13)29(27,28)18-12-25(4)21(26)20(24-18)23-17-7-5-16(11-22)6-8-17;1-2/h5-10,12H,1-4H3,(H,23,24);1-2H3. The van der Waals surface area contributed by atoms with Crippen LogP contribution in [0, 0.1) is 32.1 Å². The Hall–Kier alpha value is -3.44. The van der Waals surface area contributed by atoms with Gasteiger partial charge in [-0.05, 0) is 56.2 Å². The van der Waals surface area contributed by atoms with Crippen LogP contribution in [-0.2, 0) is 16.9 Å². The lowest BCUT2D eigenvalue weighted by Gasteiger charge is -2.14. The second-order valence-corrected chi connectivity index (χ2v) is 8.72. The van der Waals surface area contributed by atoms with E-state index in [0.29, 0.717) is 22.4 Å². The predicted molar refractivity (Wildman–Crippen MR) is 121 cm³/mol. The highest BCUT2D eigenvalue weighted by atomic mass is 32.2. The van der Waals surface area contributed by atoms with Crippen molar-refractivity contribution >= 4 is 21.3 Å². The summed E-state index contributed by atoms with van der Waals surface area (Å²) in [6, 6.07) is 12.0. The maximum absolute atomic E-state index is 13.3. The van der Waals surface area contributed by atoms with Crippen LogP contribution >= 0.6 is 0 Å². The second-order valence-electron chi connectivity index (χ2n) is 6.89. The molecule has 1 aromatic heterocycles. The molecule has 2 aromatic carbocycles. The number of nitrogens with zero attached hydrogens (tertiary/aromatic N) is 3. The van der Waals surface area contributed by atoms with Crippen LogP contribution in [0.4, 0.5) is 11.5 Å². The Balaban J connectivity index is 0.00000166. The van der Waals surface area contributed by atoms with Gasteiger partial charge in [-0.3, -0.25) is 4.79 Å². The topological polar surface area (TPSA) is 105 Å². The quantitative estimate of drug-likeness (QED) is 0.655. The highest BCUT2D eigenvalue weighted by Gasteiger charge is 2.26. The number of sulfone groups is 1. The van der Waals surface area contributed by atoms with E-state index in [2.05, 4.69) is 10.3 Å². The van der Waals surface area contributed by atoms with Gasteiger partial charge in [-0.1, -0.05) is 31.5 Å². The zero-order valence-electron chi connectivity index (χ0n) is 18.5. The first-order chi connectivity index (χ1) is 14.6. The van der Waals surface area contributed by atoms with Gasteiger partial charge in [0.2, 0.25) is 9.84 Å². The first-order valence-electron chi connectivity index (χ1n) is 9.81. The minimum Gasteiger partial charge on any atom is -0.336 e. The number of nitrogens with one attached hydrogen (secondary N) is 1. The van der Waals surface area contributed by atoms with Gasteiger partial charge in [0.25, 0.3) is 5.56 Å². The lowest BCUT2D eigenvalue weighted by molar-refractivity contribution is 0.588. The number of aromatic nitrogens is 2. The van der Waals surface area contributed by atoms with Crippen molar-refractivity contribution < 1.29 is 8.42 Å². The minimum absolute atomic E-state index is 0.110. The molecule has 0 amide bonds. The summed E-state index contributed by atoms with van der Waals surface area (Å²) in [7, 11) is -2.46. The third-order valence-electron chi connectivity index (χ3n) is 4.47. The molecule has 0 bridgehead atoms. The van der Waals surface area contributed by atoms with Crippen molar-refractivity contribution in [2.24, 2.45) is 7.05 Å². The Morgan fingerprint density at radius 2 is 1.58 bits per heavy atom. The van der Waals surface area contributed by atoms with Gasteiger partial charge >= 0.3 is 0 Å². The maximum atomic E-state index is 13.3. The summed E-state index contributed by atoms with van der Waals surface area (Å²) in [4.78, 5) is 16.8. The molecule has 0 saturated carbocycles. The van der Waals surface area contributed by atoms with Crippen molar-refractivity contribution in [3.8, 4) is 6.07 Å². The van der Waals surface area contributed by atoms with Gasteiger partial charge in [0.05, 0.1) is 16.5 Å². The van der Waals surface area contributed by atoms with Crippen molar-refractivity contribution in [1.29, 1.82) is 5.26 Å². The molecule has 0 atom stereocenters. The van der Waals surface area contributed by atoms with E-state index in [0.717, 1.165) is 5.56 Å². The molecule has 0 radical (unpaired) electrons. The van der Waals surface area contributed by atoms with Gasteiger partial charge in [-0.25, -0.2) is 13.4 Å². The number of rotatable bonds is 4. The lowest BCUT2D eigenvalue weighted by atomic mass is 10.1. The number of aryl methyl sites for hydroxylation is 4. The average molecular weight is 439 g/mol. The van der Waals surface area contributed by atoms with E-state index in [4.69, 9.17) is 5.26 Å². The summed E-state index contributed by atoms with van der Waals surface area (Å²) >= 11 is 0. The molecule has 162 valence electrons. The Morgan fingerprint density at radius 3 is 2.10 bits per heavy atom. The van der Waals surface area contributed by atoms with Crippen molar-refractivity contribution in [2.75, 3.05) is 5.32 Å². The minimum atomic E-state index is -3.94. The van der Waals surface area contributed by atoms with Gasteiger partial charge in [-0.15, -0.1) is 0 Å².